The summed E-state index contributed by atoms with van der Waals surface area (Å²) in [5.74, 6) is -6.51. The molecule has 38 heavy (non-hydrogen) atoms. The second kappa shape index (κ2) is 11.2. The van der Waals surface area contributed by atoms with Gasteiger partial charge < -0.3 is 5.11 Å². The van der Waals surface area contributed by atoms with Gasteiger partial charge in [0.1, 0.15) is 0 Å². The van der Waals surface area contributed by atoms with E-state index in [2.05, 4.69) is 0 Å². The SMILES string of the molecule is CC(C)CCC(c1ccc(C(F)(F)F)cc1)N1CCC(F)(F)C(CC(=O)O)C1c1ccc(C(F)(F)F)cc1. The van der Waals surface area contributed by atoms with Crippen molar-refractivity contribution < 1.29 is 45.0 Å². The fourth-order valence-corrected chi connectivity index (χ4v) is 5.07. The molecule has 1 heterocycles. The van der Waals surface area contributed by atoms with Crippen LogP contribution in [0.2, 0.25) is 0 Å². The summed E-state index contributed by atoms with van der Waals surface area (Å²) in [6.45, 7) is 3.63. The minimum Gasteiger partial charge on any atom is -0.481 e. The van der Waals surface area contributed by atoms with E-state index in [1.54, 1.807) is 4.90 Å². The van der Waals surface area contributed by atoms with E-state index in [4.69, 9.17) is 0 Å². The Morgan fingerprint density at radius 3 is 1.87 bits per heavy atom. The van der Waals surface area contributed by atoms with E-state index in [0.717, 1.165) is 36.4 Å². The number of rotatable bonds is 8. The number of hydrogen-bond acceptors (Lipinski definition) is 2. The maximum atomic E-state index is 15.2. The number of carboxylic acid groups (broad SMARTS) is 1. The van der Waals surface area contributed by atoms with Gasteiger partial charge in [0.2, 0.25) is 0 Å². The summed E-state index contributed by atoms with van der Waals surface area (Å²) in [5, 5.41) is 9.43. The lowest BCUT2D eigenvalue weighted by molar-refractivity contribution is -0.163. The Hall–Kier alpha value is -2.69. The van der Waals surface area contributed by atoms with Crippen LogP contribution in [0, 0.1) is 11.8 Å². The van der Waals surface area contributed by atoms with Crippen molar-refractivity contribution in [3.8, 4) is 0 Å². The van der Waals surface area contributed by atoms with Crippen LogP contribution in [0.5, 0.6) is 0 Å². The molecule has 2 aromatic rings. The monoisotopic (exact) mass is 551 g/mol. The molecule has 2 aromatic carbocycles. The Labute approximate surface area is 215 Å². The third-order valence-electron chi connectivity index (χ3n) is 7.00. The van der Waals surface area contributed by atoms with Crippen molar-refractivity contribution in [2.24, 2.45) is 11.8 Å². The summed E-state index contributed by atoms with van der Waals surface area (Å²) in [5.41, 5.74) is -1.35. The van der Waals surface area contributed by atoms with Crippen LogP contribution in [0.15, 0.2) is 48.5 Å². The van der Waals surface area contributed by atoms with Crippen LogP contribution in [0.1, 0.15) is 73.9 Å². The molecular formula is C27H29F8NO2. The quantitative estimate of drug-likeness (QED) is 0.335. The van der Waals surface area contributed by atoms with E-state index in [0.29, 0.717) is 18.4 Å². The van der Waals surface area contributed by atoms with E-state index in [9.17, 15) is 36.2 Å². The number of nitrogens with zero attached hydrogens (tertiary/aromatic N) is 1. The van der Waals surface area contributed by atoms with Gasteiger partial charge in [0, 0.05) is 25.0 Å². The summed E-state index contributed by atoms with van der Waals surface area (Å²) >= 11 is 0. The highest BCUT2D eigenvalue weighted by Crippen LogP contribution is 2.51. The molecule has 0 aliphatic carbocycles. The van der Waals surface area contributed by atoms with Crippen LogP contribution in [0.25, 0.3) is 0 Å². The molecule has 3 rings (SSSR count). The number of carboxylic acids is 1. The van der Waals surface area contributed by atoms with Crippen molar-refractivity contribution in [2.45, 2.75) is 69.9 Å². The second-order valence-electron chi connectivity index (χ2n) is 10.1. The molecule has 0 saturated carbocycles. The second-order valence-corrected chi connectivity index (χ2v) is 10.1. The van der Waals surface area contributed by atoms with Gasteiger partial charge in [0.05, 0.1) is 23.5 Å². The molecule has 0 radical (unpaired) electrons. The zero-order valence-corrected chi connectivity index (χ0v) is 20.8. The molecule has 3 unspecified atom stereocenters. The molecule has 1 aliphatic rings. The van der Waals surface area contributed by atoms with Crippen LogP contribution in [0.4, 0.5) is 35.1 Å². The maximum absolute atomic E-state index is 15.2. The van der Waals surface area contributed by atoms with Crippen LogP contribution in [-0.2, 0) is 17.1 Å². The first-order valence-electron chi connectivity index (χ1n) is 12.2. The fraction of sp³-hybridized carbons (Fsp3) is 0.519. The van der Waals surface area contributed by atoms with Crippen molar-refractivity contribution >= 4 is 5.97 Å². The molecule has 1 aliphatic heterocycles. The number of hydrogen-bond donors (Lipinski definition) is 1. The number of halogens is 8. The topological polar surface area (TPSA) is 40.5 Å². The van der Waals surface area contributed by atoms with E-state index in [1.165, 1.54) is 12.1 Å². The summed E-state index contributed by atoms with van der Waals surface area (Å²) in [7, 11) is 0. The van der Waals surface area contributed by atoms with E-state index < -0.39 is 66.2 Å². The number of aliphatic carboxylic acids is 1. The van der Waals surface area contributed by atoms with Crippen molar-refractivity contribution in [2.75, 3.05) is 6.54 Å². The lowest BCUT2D eigenvalue weighted by Gasteiger charge is -2.49. The van der Waals surface area contributed by atoms with E-state index in [-0.39, 0.29) is 18.0 Å². The molecule has 1 N–H and O–H groups in total. The zero-order chi connectivity index (χ0) is 28.5. The zero-order valence-electron chi connectivity index (χ0n) is 20.8. The third kappa shape index (κ3) is 7.03. The molecule has 0 bridgehead atoms. The van der Waals surface area contributed by atoms with E-state index >= 15 is 8.78 Å². The summed E-state index contributed by atoms with van der Waals surface area (Å²) in [4.78, 5) is 13.2. The van der Waals surface area contributed by atoms with Gasteiger partial charge in [-0.2, -0.15) is 26.3 Å². The van der Waals surface area contributed by atoms with Crippen LogP contribution in [-0.4, -0.2) is 28.4 Å². The number of likely N-dealkylation sites (tertiary alicyclic amines) is 1. The first kappa shape index (κ1) is 29.9. The predicted molar refractivity (Wildman–Crippen MR) is 124 cm³/mol. The van der Waals surface area contributed by atoms with Crippen LogP contribution in [0.3, 0.4) is 0 Å². The first-order chi connectivity index (χ1) is 17.5. The highest BCUT2D eigenvalue weighted by atomic mass is 19.4. The van der Waals surface area contributed by atoms with Gasteiger partial charge in [-0.1, -0.05) is 38.1 Å². The number of piperidine rings is 1. The Kier molecular flexibility index (Phi) is 8.80. The highest BCUT2D eigenvalue weighted by molar-refractivity contribution is 5.67. The average Bonchev–Trinajstić information content (AvgIpc) is 2.80. The molecule has 0 aromatic heterocycles. The highest BCUT2D eigenvalue weighted by Gasteiger charge is 2.52. The van der Waals surface area contributed by atoms with Crippen molar-refractivity contribution in [3.05, 3.63) is 70.8 Å². The van der Waals surface area contributed by atoms with Gasteiger partial charge in [-0.15, -0.1) is 0 Å². The molecule has 1 fully saturated rings. The third-order valence-corrected chi connectivity index (χ3v) is 7.00. The lowest BCUT2D eigenvalue weighted by atomic mass is 9.77. The van der Waals surface area contributed by atoms with Crippen molar-refractivity contribution in [3.63, 3.8) is 0 Å². The number of alkyl halides is 8. The van der Waals surface area contributed by atoms with Gasteiger partial charge in [0.15, 0.2) is 0 Å². The van der Waals surface area contributed by atoms with Gasteiger partial charge in [0.25, 0.3) is 5.92 Å². The molecule has 1 saturated heterocycles. The van der Waals surface area contributed by atoms with Gasteiger partial charge in [-0.25, -0.2) is 8.78 Å². The molecule has 11 heteroatoms. The van der Waals surface area contributed by atoms with Gasteiger partial charge in [-0.3, -0.25) is 9.69 Å². The number of carbonyl (C=O) groups is 1. The van der Waals surface area contributed by atoms with Crippen molar-refractivity contribution in [1.82, 2.24) is 4.90 Å². The average molecular weight is 552 g/mol. The molecule has 0 spiro atoms. The summed E-state index contributed by atoms with van der Waals surface area (Å²) in [6, 6.07) is 6.07. The Bertz CT molecular complexity index is 1080. The number of benzene rings is 2. The smallest absolute Gasteiger partial charge is 0.416 e. The van der Waals surface area contributed by atoms with E-state index in [1.807, 2.05) is 13.8 Å². The maximum Gasteiger partial charge on any atom is 0.416 e. The summed E-state index contributed by atoms with van der Waals surface area (Å²) < 4.78 is 109. The Morgan fingerprint density at radius 2 is 1.42 bits per heavy atom. The Morgan fingerprint density at radius 1 is 0.921 bits per heavy atom. The van der Waals surface area contributed by atoms with Gasteiger partial charge >= 0.3 is 18.3 Å². The molecule has 3 nitrogen and oxygen atoms in total. The van der Waals surface area contributed by atoms with Gasteiger partial charge in [-0.05, 0) is 54.2 Å². The van der Waals surface area contributed by atoms with Crippen LogP contribution >= 0.6 is 0 Å². The largest absolute Gasteiger partial charge is 0.481 e. The Balaban J connectivity index is 2.13. The minimum atomic E-state index is -4.66. The predicted octanol–water partition coefficient (Wildman–Crippen LogP) is 8.37. The molecule has 0 amide bonds. The first-order valence-corrected chi connectivity index (χ1v) is 12.2. The summed E-state index contributed by atoms with van der Waals surface area (Å²) in [6.07, 6.45) is -9.91. The molecule has 3 atom stereocenters. The normalized spacial score (nSPS) is 21.4. The molecule has 210 valence electrons. The van der Waals surface area contributed by atoms with Crippen molar-refractivity contribution in [1.29, 1.82) is 0 Å². The fourth-order valence-electron chi connectivity index (χ4n) is 5.07. The molecular weight excluding hydrogens is 522 g/mol. The lowest BCUT2D eigenvalue weighted by Crippen LogP contribution is -2.51. The minimum absolute atomic E-state index is 0.0880. The standard InChI is InChI=1S/C27H29F8NO2/c1-16(2)3-12-22(17-4-8-19(9-5-17)26(30,31)32)36-14-13-25(28,29)21(15-23(37)38)24(36)18-6-10-20(11-7-18)27(33,34)35/h4-11,16,21-22,24H,3,12-15H2,1-2H3,(H,37,38). The van der Waals surface area contributed by atoms with Crippen LogP contribution < -0.4 is 0 Å².